The Morgan fingerprint density at radius 3 is 2.24 bits per heavy atom. The van der Waals surface area contributed by atoms with Crippen molar-refractivity contribution in [2.45, 2.75) is 19.4 Å². The Kier molecular flexibility index (Phi) is 7.99. The number of carbonyl (C=O) groups is 2. The number of hydrogen-bond donors (Lipinski definition) is 1. The summed E-state index contributed by atoms with van der Waals surface area (Å²) in [5.41, 5.74) is 6.14. The molecule has 1 aromatic carbocycles. The lowest BCUT2D eigenvalue weighted by atomic mass is 10.1. The normalized spacial score (nSPS) is 15.2. The van der Waals surface area contributed by atoms with E-state index in [-0.39, 0.29) is 30.3 Å². The lowest BCUT2D eigenvalue weighted by molar-refractivity contribution is -0.132. The molecule has 1 saturated heterocycles. The van der Waals surface area contributed by atoms with Gasteiger partial charge in [-0.1, -0.05) is 6.07 Å². The van der Waals surface area contributed by atoms with E-state index in [0.29, 0.717) is 49.7 Å². The molecule has 0 aliphatic carbocycles. The summed E-state index contributed by atoms with van der Waals surface area (Å²) < 4.78 is 10.6. The summed E-state index contributed by atoms with van der Waals surface area (Å²) in [5, 5.41) is 0. The Bertz CT molecular complexity index is 602. The van der Waals surface area contributed by atoms with Gasteiger partial charge in [-0.2, -0.15) is 0 Å². The van der Waals surface area contributed by atoms with Gasteiger partial charge in [0, 0.05) is 38.6 Å². The molecule has 0 spiro atoms. The average Bonchev–Trinajstić information content (AvgIpc) is 2.59. The van der Waals surface area contributed by atoms with Crippen LogP contribution in [-0.2, 0) is 4.79 Å². The van der Waals surface area contributed by atoms with Gasteiger partial charge >= 0.3 is 0 Å². The zero-order valence-electron chi connectivity index (χ0n) is 14.9. The van der Waals surface area contributed by atoms with E-state index in [1.54, 1.807) is 28.0 Å². The Labute approximate surface area is 154 Å². The van der Waals surface area contributed by atoms with Gasteiger partial charge in [-0.05, 0) is 19.1 Å². The second kappa shape index (κ2) is 9.48. The molecule has 1 heterocycles. The van der Waals surface area contributed by atoms with Crippen molar-refractivity contribution < 1.29 is 19.1 Å². The van der Waals surface area contributed by atoms with Crippen LogP contribution in [0.2, 0.25) is 0 Å². The van der Waals surface area contributed by atoms with Crippen molar-refractivity contribution in [2.24, 2.45) is 5.73 Å². The molecule has 1 aliphatic heterocycles. The van der Waals surface area contributed by atoms with Crippen LogP contribution in [0.15, 0.2) is 18.2 Å². The van der Waals surface area contributed by atoms with Crippen molar-refractivity contribution in [1.29, 1.82) is 0 Å². The van der Waals surface area contributed by atoms with E-state index in [4.69, 9.17) is 15.2 Å². The highest BCUT2D eigenvalue weighted by Gasteiger charge is 2.27. The highest BCUT2D eigenvalue weighted by atomic mass is 35.5. The third-order valence-corrected chi connectivity index (χ3v) is 4.05. The first-order valence-corrected chi connectivity index (χ1v) is 8.01. The fourth-order valence-corrected chi connectivity index (χ4v) is 2.79. The molecule has 2 amide bonds. The number of para-hydroxylation sites is 1. The minimum atomic E-state index is -0.154. The molecule has 7 nitrogen and oxygen atoms in total. The molecule has 0 aromatic heterocycles. The van der Waals surface area contributed by atoms with Gasteiger partial charge in [0.25, 0.3) is 5.91 Å². The highest BCUT2D eigenvalue weighted by molar-refractivity contribution is 5.98. The summed E-state index contributed by atoms with van der Waals surface area (Å²) in [5.74, 6) is 0.871. The standard InChI is InChI=1S/C17H25N3O4.ClH/c1-12(18)11-15(21)19-7-9-20(10-8-19)17(22)13-5-4-6-14(23-2)16(13)24-3;/h4-6,12H,7-11,18H2,1-3H3;1H. The maximum absolute atomic E-state index is 12.8. The second-order valence-corrected chi connectivity index (χ2v) is 5.90. The van der Waals surface area contributed by atoms with Crippen molar-refractivity contribution in [1.82, 2.24) is 9.80 Å². The van der Waals surface area contributed by atoms with Gasteiger partial charge in [-0.15, -0.1) is 12.4 Å². The van der Waals surface area contributed by atoms with E-state index in [2.05, 4.69) is 0 Å². The predicted octanol–water partition coefficient (Wildman–Crippen LogP) is 1.15. The number of nitrogens with zero attached hydrogens (tertiary/aromatic N) is 2. The Hall–Kier alpha value is -1.99. The van der Waals surface area contributed by atoms with Crippen LogP contribution in [0.3, 0.4) is 0 Å². The number of halogens is 1. The summed E-state index contributed by atoms with van der Waals surface area (Å²) in [6.45, 7) is 3.83. The molecule has 140 valence electrons. The van der Waals surface area contributed by atoms with Crippen LogP contribution in [0.4, 0.5) is 0 Å². The molecule has 25 heavy (non-hydrogen) atoms. The summed E-state index contributed by atoms with van der Waals surface area (Å²) in [6, 6.07) is 5.08. The second-order valence-electron chi connectivity index (χ2n) is 5.90. The van der Waals surface area contributed by atoms with Crippen molar-refractivity contribution in [2.75, 3.05) is 40.4 Å². The number of piperazine rings is 1. The third kappa shape index (κ3) is 4.99. The Morgan fingerprint density at radius 1 is 1.12 bits per heavy atom. The molecule has 1 aliphatic rings. The lowest BCUT2D eigenvalue weighted by Crippen LogP contribution is -2.51. The molecule has 2 N–H and O–H groups in total. The van der Waals surface area contributed by atoms with Gasteiger partial charge in [0.1, 0.15) is 0 Å². The van der Waals surface area contributed by atoms with Crippen molar-refractivity contribution in [3.8, 4) is 11.5 Å². The van der Waals surface area contributed by atoms with Crippen LogP contribution in [0.5, 0.6) is 11.5 Å². The molecule has 1 atom stereocenters. The van der Waals surface area contributed by atoms with Gasteiger partial charge in [0.05, 0.1) is 19.8 Å². The third-order valence-electron chi connectivity index (χ3n) is 4.05. The van der Waals surface area contributed by atoms with Gasteiger partial charge in [0.15, 0.2) is 11.5 Å². The fraction of sp³-hybridized carbons (Fsp3) is 0.529. The van der Waals surface area contributed by atoms with E-state index >= 15 is 0 Å². The zero-order valence-corrected chi connectivity index (χ0v) is 15.7. The highest BCUT2D eigenvalue weighted by Crippen LogP contribution is 2.31. The van der Waals surface area contributed by atoms with Gasteiger partial charge in [-0.25, -0.2) is 0 Å². The first kappa shape index (κ1) is 21.1. The topological polar surface area (TPSA) is 85.1 Å². The van der Waals surface area contributed by atoms with E-state index in [0.717, 1.165) is 0 Å². The quantitative estimate of drug-likeness (QED) is 0.839. The molecule has 0 saturated carbocycles. The van der Waals surface area contributed by atoms with E-state index in [1.807, 2.05) is 6.92 Å². The van der Waals surface area contributed by atoms with Crippen molar-refractivity contribution in [3.05, 3.63) is 23.8 Å². The number of hydrogen-bond acceptors (Lipinski definition) is 5. The van der Waals surface area contributed by atoms with Gasteiger partial charge in [0.2, 0.25) is 5.91 Å². The molecule has 1 fully saturated rings. The number of methoxy groups -OCH3 is 2. The first-order valence-electron chi connectivity index (χ1n) is 8.01. The SMILES string of the molecule is COc1cccc(C(=O)N2CCN(C(=O)CC(C)N)CC2)c1OC.Cl. The summed E-state index contributed by atoms with van der Waals surface area (Å²) in [6.07, 6.45) is 0.331. The molecule has 8 heteroatoms. The number of amides is 2. The molecule has 0 radical (unpaired) electrons. The van der Waals surface area contributed by atoms with Gasteiger partial charge in [-0.3, -0.25) is 9.59 Å². The predicted molar refractivity (Wildman–Crippen MR) is 97.5 cm³/mol. The van der Waals surface area contributed by atoms with Crippen LogP contribution in [0.25, 0.3) is 0 Å². The number of rotatable bonds is 5. The van der Waals surface area contributed by atoms with E-state index in [1.165, 1.54) is 14.2 Å². The number of carbonyl (C=O) groups excluding carboxylic acids is 2. The monoisotopic (exact) mass is 371 g/mol. The Morgan fingerprint density at radius 2 is 1.72 bits per heavy atom. The van der Waals surface area contributed by atoms with E-state index < -0.39 is 0 Å². The van der Waals surface area contributed by atoms with Crippen LogP contribution in [0, 0.1) is 0 Å². The van der Waals surface area contributed by atoms with E-state index in [9.17, 15) is 9.59 Å². The fourth-order valence-electron chi connectivity index (χ4n) is 2.79. The van der Waals surface area contributed by atoms with Crippen molar-refractivity contribution in [3.63, 3.8) is 0 Å². The van der Waals surface area contributed by atoms with Gasteiger partial charge < -0.3 is 25.0 Å². The summed E-state index contributed by atoms with van der Waals surface area (Å²) in [7, 11) is 3.05. The Balaban J connectivity index is 0.00000312. The lowest BCUT2D eigenvalue weighted by Gasteiger charge is -2.35. The molecular weight excluding hydrogens is 346 g/mol. The van der Waals surface area contributed by atoms with Crippen LogP contribution in [0.1, 0.15) is 23.7 Å². The van der Waals surface area contributed by atoms with Crippen LogP contribution >= 0.6 is 12.4 Å². The summed E-state index contributed by atoms with van der Waals surface area (Å²) in [4.78, 5) is 28.3. The van der Waals surface area contributed by atoms with Crippen molar-refractivity contribution >= 4 is 24.2 Å². The first-order chi connectivity index (χ1) is 11.5. The zero-order chi connectivity index (χ0) is 17.7. The average molecular weight is 372 g/mol. The molecule has 2 rings (SSSR count). The largest absolute Gasteiger partial charge is 0.493 e. The number of benzene rings is 1. The molecular formula is C17H26ClN3O4. The molecule has 1 unspecified atom stereocenters. The molecule has 1 aromatic rings. The number of ether oxygens (including phenoxy) is 2. The smallest absolute Gasteiger partial charge is 0.257 e. The maximum Gasteiger partial charge on any atom is 0.257 e. The minimum Gasteiger partial charge on any atom is -0.493 e. The maximum atomic E-state index is 12.8. The summed E-state index contributed by atoms with van der Waals surface area (Å²) >= 11 is 0. The minimum absolute atomic E-state index is 0. The molecule has 0 bridgehead atoms. The van der Waals surface area contributed by atoms with Crippen LogP contribution in [-0.4, -0.2) is 68.1 Å². The van der Waals surface area contributed by atoms with Crippen LogP contribution < -0.4 is 15.2 Å². The number of nitrogens with two attached hydrogens (primary N) is 1.